The topological polar surface area (TPSA) is 82.8 Å². The van der Waals surface area contributed by atoms with Crippen molar-refractivity contribution in [2.24, 2.45) is 5.92 Å². The Morgan fingerprint density at radius 2 is 1.96 bits per heavy atom. The molecule has 118 valence electrons. The third kappa shape index (κ3) is 2.90. The molecular formula is C18H13N3O2S. The van der Waals surface area contributed by atoms with Gasteiger partial charge < -0.3 is 5.32 Å². The number of nitriles is 1. The molecule has 0 saturated carbocycles. The molecule has 0 radical (unpaired) electrons. The predicted molar refractivity (Wildman–Crippen MR) is 92.9 cm³/mol. The molecule has 0 saturated heterocycles. The number of nitrogens with zero attached hydrogens (tertiary/aromatic N) is 2. The maximum atomic E-state index is 12.5. The molecule has 1 amide bonds. The van der Waals surface area contributed by atoms with Crippen LogP contribution in [0.4, 0.5) is 5.69 Å². The van der Waals surface area contributed by atoms with Crippen LogP contribution in [0, 0.1) is 24.2 Å². The third-order valence-corrected chi connectivity index (χ3v) is 4.61. The molecule has 1 heterocycles. The van der Waals surface area contributed by atoms with Crippen LogP contribution < -0.4 is 5.32 Å². The number of aromatic nitrogens is 1. The smallest absolute Gasteiger partial charge is 0.249 e. The van der Waals surface area contributed by atoms with Crippen molar-refractivity contribution in [3.8, 4) is 6.07 Å². The molecule has 0 aliphatic heterocycles. The second-order valence-corrected chi connectivity index (χ2v) is 6.06. The number of nitrogens with one attached hydrogen (secondary N) is 1. The molecule has 6 heteroatoms. The summed E-state index contributed by atoms with van der Waals surface area (Å²) in [6, 6.07) is 14.9. The second-order valence-electron chi connectivity index (χ2n) is 5.21. The van der Waals surface area contributed by atoms with Crippen molar-refractivity contribution in [3.05, 3.63) is 58.5 Å². The quantitative estimate of drug-likeness (QED) is 0.583. The van der Waals surface area contributed by atoms with E-state index in [4.69, 9.17) is 0 Å². The van der Waals surface area contributed by atoms with E-state index in [-0.39, 0.29) is 0 Å². The van der Waals surface area contributed by atoms with Gasteiger partial charge in [-0.2, -0.15) is 5.26 Å². The number of rotatable bonds is 4. The fourth-order valence-electron chi connectivity index (χ4n) is 2.45. The third-order valence-electron chi connectivity index (χ3n) is 3.67. The summed E-state index contributed by atoms with van der Waals surface area (Å²) in [5.74, 6) is -2.55. The summed E-state index contributed by atoms with van der Waals surface area (Å²) in [5, 5.41) is 13.8. The van der Waals surface area contributed by atoms with Gasteiger partial charge in [0.2, 0.25) is 11.7 Å². The number of fused-ring (bicyclic) bond motifs is 1. The first-order valence-electron chi connectivity index (χ1n) is 7.24. The Hall–Kier alpha value is -3.04. The highest BCUT2D eigenvalue weighted by Gasteiger charge is 2.30. The van der Waals surface area contributed by atoms with Gasteiger partial charge in [0, 0.05) is 11.1 Å². The number of carbonyl (C=O) groups is 2. The monoisotopic (exact) mass is 335 g/mol. The first-order chi connectivity index (χ1) is 11.6. The van der Waals surface area contributed by atoms with E-state index >= 15 is 0 Å². The zero-order chi connectivity index (χ0) is 17.1. The van der Waals surface area contributed by atoms with Gasteiger partial charge in [0.1, 0.15) is 0 Å². The first-order valence-corrected chi connectivity index (χ1v) is 8.12. The molecule has 1 aromatic heterocycles. The Balaban J connectivity index is 1.89. The molecule has 0 unspecified atom stereocenters. The van der Waals surface area contributed by atoms with E-state index < -0.39 is 17.6 Å². The van der Waals surface area contributed by atoms with Crippen LogP contribution in [0.2, 0.25) is 0 Å². The average Bonchev–Trinajstić information content (AvgIpc) is 3.02. The summed E-state index contributed by atoms with van der Waals surface area (Å²) in [7, 11) is 0. The van der Waals surface area contributed by atoms with Crippen molar-refractivity contribution in [1.82, 2.24) is 4.98 Å². The molecule has 5 nitrogen and oxygen atoms in total. The van der Waals surface area contributed by atoms with Crippen LogP contribution in [0.3, 0.4) is 0 Å². The molecule has 0 fully saturated rings. The highest BCUT2D eigenvalue weighted by Crippen LogP contribution is 2.24. The van der Waals surface area contributed by atoms with E-state index in [2.05, 4.69) is 10.3 Å². The van der Waals surface area contributed by atoms with Gasteiger partial charge in [0.15, 0.2) is 5.92 Å². The average molecular weight is 335 g/mol. The summed E-state index contributed by atoms with van der Waals surface area (Å²) < 4.78 is 0. The molecule has 0 aliphatic carbocycles. The Morgan fingerprint density at radius 3 is 2.67 bits per heavy atom. The van der Waals surface area contributed by atoms with Gasteiger partial charge in [0.25, 0.3) is 0 Å². The first kappa shape index (κ1) is 15.8. The van der Waals surface area contributed by atoms with Crippen molar-refractivity contribution in [1.29, 1.82) is 5.26 Å². The Labute approximate surface area is 142 Å². The maximum Gasteiger partial charge on any atom is 0.249 e. The van der Waals surface area contributed by atoms with Gasteiger partial charge in [-0.25, -0.2) is 4.98 Å². The number of hydrogen-bond donors (Lipinski definition) is 1. The van der Waals surface area contributed by atoms with Gasteiger partial charge in [-0.05, 0) is 18.4 Å². The van der Waals surface area contributed by atoms with Crippen LogP contribution in [0.1, 0.15) is 15.4 Å². The summed E-state index contributed by atoms with van der Waals surface area (Å²) in [4.78, 5) is 29.2. The number of amides is 1. The van der Waals surface area contributed by atoms with E-state index in [1.54, 1.807) is 19.1 Å². The number of ketones is 1. The van der Waals surface area contributed by atoms with E-state index in [9.17, 15) is 14.9 Å². The molecular weight excluding hydrogens is 322 g/mol. The fourth-order valence-corrected chi connectivity index (χ4v) is 3.22. The molecule has 0 spiro atoms. The van der Waals surface area contributed by atoms with Crippen LogP contribution in [0.15, 0.2) is 48.0 Å². The molecule has 3 aromatic rings. The highest BCUT2D eigenvalue weighted by atomic mass is 32.1. The molecule has 24 heavy (non-hydrogen) atoms. The highest BCUT2D eigenvalue weighted by molar-refractivity contribution is 7.12. The number of carbonyl (C=O) groups excluding carboxylic acids is 2. The van der Waals surface area contributed by atoms with Gasteiger partial charge in [-0.3, -0.25) is 9.59 Å². The summed E-state index contributed by atoms with van der Waals surface area (Å²) >= 11 is 1.14. The van der Waals surface area contributed by atoms with Crippen molar-refractivity contribution >= 4 is 39.5 Å². The zero-order valence-corrected chi connectivity index (χ0v) is 13.6. The SMILES string of the molecule is Cc1ncsc1C(=O)[C@H](C#N)C(=O)Nc1cccc2ccccc12. The molecule has 1 atom stereocenters. The number of Topliss-reactive ketones (excluding diaryl/α,β-unsaturated/α-hetero) is 1. The fraction of sp³-hybridized carbons (Fsp3) is 0.111. The lowest BCUT2D eigenvalue weighted by Crippen LogP contribution is -2.28. The molecule has 3 rings (SSSR count). The van der Waals surface area contributed by atoms with E-state index in [0.717, 1.165) is 22.1 Å². The van der Waals surface area contributed by atoms with Gasteiger partial charge in [-0.1, -0.05) is 36.4 Å². The summed E-state index contributed by atoms with van der Waals surface area (Å²) in [6.07, 6.45) is 0. The van der Waals surface area contributed by atoms with E-state index in [1.807, 2.05) is 36.4 Å². The van der Waals surface area contributed by atoms with E-state index in [1.165, 1.54) is 5.51 Å². The number of anilines is 1. The maximum absolute atomic E-state index is 12.5. The number of thiazole rings is 1. The minimum atomic E-state index is -1.40. The van der Waals surface area contributed by atoms with Gasteiger partial charge >= 0.3 is 0 Å². The predicted octanol–water partition coefficient (Wildman–Crippen LogP) is 3.57. The van der Waals surface area contributed by atoms with Crippen LogP contribution in [-0.4, -0.2) is 16.7 Å². The van der Waals surface area contributed by atoms with Crippen molar-refractivity contribution in [2.75, 3.05) is 5.32 Å². The lowest BCUT2D eigenvalue weighted by Gasteiger charge is -2.11. The molecule has 2 aromatic carbocycles. The Bertz CT molecular complexity index is 966. The molecule has 0 bridgehead atoms. The number of benzene rings is 2. The standard InChI is InChI=1S/C18H13N3O2S/c1-11-17(24-10-20-11)16(22)14(9-19)18(23)21-15-8-4-6-12-5-2-3-7-13(12)15/h2-8,10,14H,1H3,(H,21,23)/t14-/m0/s1. The van der Waals surface area contributed by atoms with Crippen LogP contribution in [0.25, 0.3) is 10.8 Å². The lowest BCUT2D eigenvalue weighted by molar-refractivity contribution is -0.117. The molecule has 0 aliphatic rings. The van der Waals surface area contributed by atoms with E-state index in [0.29, 0.717) is 16.3 Å². The van der Waals surface area contributed by atoms with Crippen molar-refractivity contribution in [3.63, 3.8) is 0 Å². The van der Waals surface area contributed by atoms with Crippen molar-refractivity contribution < 1.29 is 9.59 Å². The Morgan fingerprint density at radius 1 is 1.21 bits per heavy atom. The van der Waals surface area contributed by atoms with Crippen LogP contribution in [-0.2, 0) is 4.79 Å². The second kappa shape index (κ2) is 6.60. The zero-order valence-electron chi connectivity index (χ0n) is 12.8. The minimum absolute atomic E-state index is 0.342. The number of aryl methyl sites for hydroxylation is 1. The molecule has 1 N–H and O–H groups in total. The van der Waals surface area contributed by atoms with Gasteiger partial charge in [-0.15, -0.1) is 11.3 Å². The largest absolute Gasteiger partial charge is 0.324 e. The Kier molecular flexibility index (Phi) is 4.36. The van der Waals surface area contributed by atoms with Crippen LogP contribution >= 0.6 is 11.3 Å². The van der Waals surface area contributed by atoms with Crippen LogP contribution in [0.5, 0.6) is 0 Å². The van der Waals surface area contributed by atoms with Crippen molar-refractivity contribution in [2.45, 2.75) is 6.92 Å². The normalized spacial score (nSPS) is 11.7. The lowest BCUT2D eigenvalue weighted by atomic mass is 10.0. The number of hydrogen-bond acceptors (Lipinski definition) is 5. The minimum Gasteiger partial charge on any atom is -0.324 e. The van der Waals surface area contributed by atoms with Gasteiger partial charge in [0.05, 0.1) is 22.2 Å². The summed E-state index contributed by atoms with van der Waals surface area (Å²) in [6.45, 7) is 1.68. The summed E-state index contributed by atoms with van der Waals surface area (Å²) in [5.41, 5.74) is 2.63.